The van der Waals surface area contributed by atoms with Crippen molar-refractivity contribution in [3.05, 3.63) is 46.8 Å². The van der Waals surface area contributed by atoms with Crippen LogP contribution >= 0.6 is 11.6 Å². The van der Waals surface area contributed by atoms with Crippen LogP contribution in [0.25, 0.3) is 0 Å². The Balaban J connectivity index is 1.59. The van der Waals surface area contributed by atoms with Crippen LogP contribution in [0, 0.1) is 0 Å². The summed E-state index contributed by atoms with van der Waals surface area (Å²) in [7, 11) is 0. The van der Waals surface area contributed by atoms with Crippen LogP contribution in [0.2, 0.25) is 5.02 Å². The van der Waals surface area contributed by atoms with Crippen LogP contribution in [0.3, 0.4) is 0 Å². The lowest BCUT2D eigenvalue weighted by Crippen LogP contribution is -2.37. The molecular weight excluding hydrogens is 366 g/mol. The van der Waals surface area contributed by atoms with Crippen molar-refractivity contribution in [3.63, 3.8) is 0 Å². The Morgan fingerprint density at radius 2 is 1.96 bits per heavy atom. The number of rotatable bonds is 8. The largest absolute Gasteiger partial charge is 0.369 e. The molecule has 0 spiro atoms. The van der Waals surface area contributed by atoms with E-state index >= 15 is 0 Å². The van der Waals surface area contributed by atoms with Gasteiger partial charge in [-0.3, -0.25) is 10.0 Å². The summed E-state index contributed by atoms with van der Waals surface area (Å²) in [6.07, 6.45) is 10.4. The molecule has 1 aliphatic rings. The first-order valence-corrected chi connectivity index (χ1v) is 9.96. The molecule has 27 heavy (non-hydrogen) atoms. The maximum absolute atomic E-state index is 11.6. The predicted molar refractivity (Wildman–Crippen MR) is 104 cm³/mol. The summed E-state index contributed by atoms with van der Waals surface area (Å²) < 4.78 is 4.88. The summed E-state index contributed by atoms with van der Waals surface area (Å²) in [5.74, 6) is -0.635. The predicted octanol–water partition coefficient (Wildman–Crippen LogP) is 4.61. The number of hydroxylamine groups is 1. The van der Waals surface area contributed by atoms with Gasteiger partial charge in [0.1, 0.15) is 6.26 Å². The highest BCUT2D eigenvalue weighted by Crippen LogP contribution is 2.28. The number of benzene rings is 1. The topological polar surface area (TPSA) is 78.6 Å². The fraction of sp³-hybridized carbons (Fsp3) is 0.500. The molecule has 1 heterocycles. The molecule has 1 fully saturated rings. The molecule has 0 bridgehead atoms. The van der Waals surface area contributed by atoms with Gasteiger partial charge >= 0.3 is 0 Å². The molecule has 0 saturated heterocycles. The van der Waals surface area contributed by atoms with E-state index in [4.69, 9.17) is 21.3 Å². The summed E-state index contributed by atoms with van der Waals surface area (Å²) in [6, 6.07) is 8.67. The van der Waals surface area contributed by atoms with E-state index in [-0.39, 0.29) is 5.69 Å². The highest BCUT2D eigenvalue weighted by Gasteiger charge is 2.21. The molecule has 1 amide bonds. The second-order valence-electron chi connectivity index (χ2n) is 7.05. The first-order chi connectivity index (χ1) is 13.2. The van der Waals surface area contributed by atoms with E-state index in [0.717, 1.165) is 30.0 Å². The maximum atomic E-state index is 11.6. The zero-order valence-electron chi connectivity index (χ0n) is 15.4. The molecule has 0 radical (unpaired) electrons. The van der Waals surface area contributed by atoms with Crippen molar-refractivity contribution in [1.82, 2.24) is 10.6 Å². The molecule has 0 unspecified atom stereocenters. The number of hydrogen-bond donors (Lipinski definition) is 2. The lowest BCUT2D eigenvalue weighted by atomic mass is 9.93. The number of amides is 1. The first kappa shape index (κ1) is 19.7. The van der Waals surface area contributed by atoms with Crippen LogP contribution in [0.15, 0.2) is 35.1 Å². The number of halogens is 1. The Hall–Kier alpha value is -2.05. The molecule has 146 valence electrons. The van der Waals surface area contributed by atoms with Crippen LogP contribution < -0.4 is 10.4 Å². The standard InChI is InChI=1S/C20H26ClN3O3/c21-16-9-11-18(12-10-16)24(17-7-2-1-3-8-17)13-5-4-6-15-14-27-23-19(15)20(25)22-26/h9-12,14,17,26H,1-8,13H2,(H,22,25). The third kappa shape index (κ3) is 5.23. The van der Waals surface area contributed by atoms with Crippen molar-refractivity contribution >= 4 is 23.2 Å². The van der Waals surface area contributed by atoms with Crippen LogP contribution in [-0.4, -0.2) is 28.9 Å². The Bertz CT molecular complexity index is 726. The van der Waals surface area contributed by atoms with Crippen LogP contribution in [-0.2, 0) is 6.42 Å². The summed E-state index contributed by atoms with van der Waals surface area (Å²) >= 11 is 6.05. The van der Waals surface area contributed by atoms with E-state index in [1.54, 1.807) is 5.48 Å². The second kappa shape index (κ2) is 9.76. The van der Waals surface area contributed by atoms with E-state index in [0.29, 0.717) is 12.5 Å². The van der Waals surface area contributed by atoms with Crippen molar-refractivity contribution in [2.24, 2.45) is 0 Å². The van der Waals surface area contributed by atoms with Gasteiger partial charge in [0.05, 0.1) is 0 Å². The second-order valence-corrected chi connectivity index (χ2v) is 7.48. The zero-order valence-corrected chi connectivity index (χ0v) is 16.1. The Labute approximate surface area is 164 Å². The molecule has 1 aromatic heterocycles. The number of aryl methyl sites for hydroxylation is 1. The third-order valence-corrected chi connectivity index (χ3v) is 5.48. The van der Waals surface area contributed by atoms with Crippen molar-refractivity contribution in [2.45, 2.75) is 57.4 Å². The molecule has 1 saturated carbocycles. The molecule has 1 aromatic carbocycles. The van der Waals surface area contributed by atoms with E-state index in [1.807, 2.05) is 12.1 Å². The van der Waals surface area contributed by atoms with Gasteiger partial charge in [0.15, 0.2) is 5.69 Å². The SMILES string of the molecule is O=C(NO)c1nocc1CCCCN(c1ccc(Cl)cc1)C1CCCCC1. The average molecular weight is 392 g/mol. The van der Waals surface area contributed by atoms with E-state index in [1.165, 1.54) is 44.1 Å². The molecule has 3 rings (SSSR count). The van der Waals surface area contributed by atoms with Crippen LogP contribution in [0.4, 0.5) is 5.69 Å². The molecule has 0 atom stereocenters. The molecule has 0 aliphatic heterocycles. The Morgan fingerprint density at radius 3 is 2.67 bits per heavy atom. The zero-order chi connectivity index (χ0) is 19.1. The average Bonchev–Trinajstić information content (AvgIpc) is 3.17. The van der Waals surface area contributed by atoms with E-state index in [9.17, 15) is 4.79 Å². The van der Waals surface area contributed by atoms with Gasteiger partial charge in [0.25, 0.3) is 5.91 Å². The van der Waals surface area contributed by atoms with Gasteiger partial charge in [-0.15, -0.1) is 0 Å². The Kier molecular flexibility index (Phi) is 7.12. The number of aromatic nitrogens is 1. The molecule has 6 nitrogen and oxygen atoms in total. The van der Waals surface area contributed by atoms with E-state index in [2.05, 4.69) is 22.2 Å². The quantitative estimate of drug-likeness (QED) is 0.390. The van der Waals surface area contributed by atoms with Gasteiger partial charge in [-0.25, -0.2) is 5.48 Å². The maximum Gasteiger partial charge on any atom is 0.297 e. The highest BCUT2D eigenvalue weighted by atomic mass is 35.5. The van der Waals surface area contributed by atoms with Gasteiger partial charge < -0.3 is 9.42 Å². The minimum atomic E-state index is -0.635. The summed E-state index contributed by atoms with van der Waals surface area (Å²) in [4.78, 5) is 14.1. The van der Waals surface area contributed by atoms with Gasteiger partial charge in [0.2, 0.25) is 0 Å². The smallest absolute Gasteiger partial charge is 0.297 e. The van der Waals surface area contributed by atoms with Gasteiger partial charge in [0, 0.05) is 28.9 Å². The summed E-state index contributed by atoms with van der Waals surface area (Å²) in [5.41, 5.74) is 3.70. The minimum absolute atomic E-state index is 0.152. The minimum Gasteiger partial charge on any atom is -0.369 e. The number of hydrogen-bond acceptors (Lipinski definition) is 5. The number of carbonyl (C=O) groups is 1. The van der Waals surface area contributed by atoms with Gasteiger partial charge in [-0.05, 0) is 56.4 Å². The number of nitrogens with zero attached hydrogens (tertiary/aromatic N) is 2. The molecule has 7 heteroatoms. The van der Waals surface area contributed by atoms with Crippen molar-refractivity contribution in [3.8, 4) is 0 Å². The number of nitrogens with one attached hydrogen (secondary N) is 1. The lowest BCUT2D eigenvalue weighted by Gasteiger charge is -2.36. The van der Waals surface area contributed by atoms with Gasteiger partial charge in [-0.2, -0.15) is 0 Å². The Morgan fingerprint density at radius 1 is 1.22 bits per heavy atom. The number of unbranched alkanes of at least 4 members (excludes halogenated alkanes) is 1. The number of anilines is 1. The summed E-state index contributed by atoms with van der Waals surface area (Å²) in [6.45, 7) is 0.957. The molecular formula is C20H26ClN3O3. The lowest BCUT2D eigenvalue weighted by molar-refractivity contribution is 0.0695. The van der Waals surface area contributed by atoms with Crippen LogP contribution in [0.5, 0.6) is 0 Å². The summed E-state index contributed by atoms with van der Waals surface area (Å²) in [5, 5.41) is 13.2. The molecule has 2 N–H and O–H groups in total. The molecule has 2 aromatic rings. The normalized spacial score (nSPS) is 14.9. The third-order valence-electron chi connectivity index (χ3n) is 5.23. The van der Waals surface area contributed by atoms with Crippen molar-refractivity contribution < 1.29 is 14.5 Å². The molecule has 1 aliphatic carbocycles. The van der Waals surface area contributed by atoms with Crippen molar-refractivity contribution in [2.75, 3.05) is 11.4 Å². The first-order valence-electron chi connectivity index (χ1n) is 9.59. The number of carbonyl (C=O) groups excluding carboxylic acids is 1. The fourth-order valence-corrected chi connectivity index (χ4v) is 3.95. The van der Waals surface area contributed by atoms with Gasteiger partial charge in [-0.1, -0.05) is 36.0 Å². The van der Waals surface area contributed by atoms with Crippen molar-refractivity contribution in [1.29, 1.82) is 0 Å². The monoisotopic (exact) mass is 391 g/mol. The van der Waals surface area contributed by atoms with E-state index < -0.39 is 5.91 Å². The fourth-order valence-electron chi connectivity index (χ4n) is 3.82. The highest BCUT2D eigenvalue weighted by molar-refractivity contribution is 6.30. The van der Waals surface area contributed by atoms with Crippen LogP contribution in [0.1, 0.15) is 61.0 Å².